The van der Waals surface area contributed by atoms with Crippen LogP contribution in [0.1, 0.15) is 29.9 Å². The van der Waals surface area contributed by atoms with Gasteiger partial charge < -0.3 is 4.74 Å². The second-order valence-corrected chi connectivity index (χ2v) is 4.18. The molecule has 5 heteroatoms. The number of carbonyl (C=O) groups excluding carboxylic acids is 1. The summed E-state index contributed by atoms with van der Waals surface area (Å²) in [5.74, 6) is -0.526. The molecular weight excluding hydrogens is 220 g/mol. The van der Waals surface area contributed by atoms with Gasteiger partial charge in [0.1, 0.15) is 5.56 Å². The van der Waals surface area contributed by atoms with Crippen molar-refractivity contribution in [1.29, 1.82) is 0 Å². The van der Waals surface area contributed by atoms with Crippen molar-refractivity contribution < 1.29 is 9.53 Å². The summed E-state index contributed by atoms with van der Waals surface area (Å²) in [4.78, 5) is 23.8. The molecule has 1 aliphatic heterocycles. The highest BCUT2D eigenvalue weighted by molar-refractivity contribution is 5.90. The fourth-order valence-corrected chi connectivity index (χ4v) is 2.07. The largest absolute Gasteiger partial charge is 0.462 e. The molecule has 0 N–H and O–H groups in total. The molecule has 1 aromatic rings. The monoisotopic (exact) mass is 236 g/mol. The molecule has 0 fully saturated rings. The molecule has 1 aliphatic rings. The predicted molar refractivity (Wildman–Crippen MR) is 63.1 cm³/mol. The molecule has 0 aromatic carbocycles. The van der Waals surface area contributed by atoms with E-state index in [0.717, 1.165) is 0 Å². The summed E-state index contributed by atoms with van der Waals surface area (Å²) in [6.07, 6.45) is 2.00. The van der Waals surface area contributed by atoms with Gasteiger partial charge in [-0.3, -0.25) is 9.48 Å². The zero-order chi connectivity index (χ0) is 12.6. The summed E-state index contributed by atoms with van der Waals surface area (Å²) in [5.41, 5.74) is 1.78. The maximum atomic E-state index is 12.1. The second kappa shape index (κ2) is 4.24. The summed E-state index contributed by atoms with van der Waals surface area (Å²) in [5, 5.41) is 0. The van der Waals surface area contributed by atoms with E-state index >= 15 is 0 Å². The van der Waals surface area contributed by atoms with Crippen LogP contribution in [-0.2, 0) is 17.8 Å². The number of ether oxygens (including phenoxy) is 1. The molecule has 0 saturated carbocycles. The summed E-state index contributed by atoms with van der Waals surface area (Å²) in [6.45, 7) is 6.97. The summed E-state index contributed by atoms with van der Waals surface area (Å²) in [6, 6.07) is 0. The molecule has 17 heavy (non-hydrogen) atoms. The Labute approximate surface area is 99.3 Å². The topological polar surface area (TPSA) is 53.2 Å². The molecule has 0 spiro atoms. The molecule has 0 saturated heterocycles. The summed E-state index contributed by atoms with van der Waals surface area (Å²) in [7, 11) is 0. The first kappa shape index (κ1) is 11.7. The molecule has 92 valence electrons. The van der Waals surface area contributed by atoms with Gasteiger partial charge in [0.05, 0.1) is 25.4 Å². The maximum Gasteiger partial charge on any atom is 0.345 e. The third-order valence-electron chi connectivity index (χ3n) is 2.98. The van der Waals surface area contributed by atoms with Gasteiger partial charge in [0, 0.05) is 0 Å². The van der Waals surface area contributed by atoms with Crippen molar-refractivity contribution in [3.8, 4) is 0 Å². The average Bonchev–Trinajstić information content (AvgIpc) is 2.52. The number of rotatable bonds is 2. The fourth-order valence-electron chi connectivity index (χ4n) is 2.07. The average molecular weight is 236 g/mol. The molecule has 0 bridgehead atoms. The van der Waals surface area contributed by atoms with Crippen molar-refractivity contribution in [2.45, 2.75) is 33.9 Å². The fraction of sp³-hybridized carbons (Fsp3) is 0.500. The lowest BCUT2D eigenvalue weighted by molar-refractivity contribution is 0.0523. The molecule has 0 unspecified atom stereocenters. The quantitative estimate of drug-likeness (QED) is 0.570. The van der Waals surface area contributed by atoms with Crippen molar-refractivity contribution in [3.05, 3.63) is 33.3 Å². The smallest absolute Gasteiger partial charge is 0.345 e. The highest BCUT2D eigenvalue weighted by atomic mass is 16.5. The van der Waals surface area contributed by atoms with Crippen molar-refractivity contribution in [2.75, 3.05) is 6.61 Å². The molecule has 1 aromatic heterocycles. The standard InChI is InChI=1S/C12H16N2O3/c1-4-17-12(16)10-9(3)14-7-8(2)5-6-13(14)11(10)15/h5H,4,6-7H2,1-3H3. The maximum absolute atomic E-state index is 12.1. The van der Waals surface area contributed by atoms with Crippen LogP contribution in [-0.4, -0.2) is 21.9 Å². The Hall–Kier alpha value is -1.78. The van der Waals surface area contributed by atoms with Crippen LogP contribution in [0.15, 0.2) is 16.4 Å². The van der Waals surface area contributed by atoms with E-state index in [1.54, 1.807) is 18.5 Å². The molecule has 0 aliphatic carbocycles. The number of nitrogens with zero attached hydrogens (tertiary/aromatic N) is 2. The number of aromatic nitrogens is 2. The van der Waals surface area contributed by atoms with Gasteiger partial charge in [0.2, 0.25) is 0 Å². The van der Waals surface area contributed by atoms with E-state index < -0.39 is 5.97 Å². The zero-order valence-electron chi connectivity index (χ0n) is 10.3. The minimum absolute atomic E-state index is 0.162. The predicted octanol–water partition coefficient (Wildman–Crippen LogP) is 1.09. The van der Waals surface area contributed by atoms with Gasteiger partial charge >= 0.3 is 5.97 Å². The Morgan fingerprint density at radius 3 is 2.76 bits per heavy atom. The third-order valence-corrected chi connectivity index (χ3v) is 2.98. The van der Waals surface area contributed by atoms with Crippen molar-refractivity contribution in [1.82, 2.24) is 9.36 Å². The number of carbonyl (C=O) groups is 1. The van der Waals surface area contributed by atoms with E-state index in [1.165, 1.54) is 5.57 Å². The lowest BCUT2D eigenvalue weighted by Gasteiger charge is -2.17. The minimum atomic E-state index is -0.526. The first-order chi connectivity index (χ1) is 8.06. The van der Waals surface area contributed by atoms with Gasteiger partial charge in [0.25, 0.3) is 5.56 Å². The van der Waals surface area contributed by atoms with E-state index in [-0.39, 0.29) is 17.7 Å². The first-order valence-electron chi connectivity index (χ1n) is 5.69. The molecule has 0 radical (unpaired) electrons. The van der Waals surface area contributed by atoms with Crippen LogP contribution >= 0.6 is 0 Å². The highest BCUT2D eigenvalue weighted by Gasteiger charge is 2.24. The molecule has 0 amide bonds. The van der Waals surface area contributed by atoms with Crippen LogP contribution in [0.5, 0.6) is 0 Å². The molecule has 0 atom stereocenters. The summed E-state index contributed by atoms with van der Waals surface area (Å²) < 4.78 is 8.33. The number of allylic oxidation sites excluding steroid dienone is 2. The van der Waals surface area contributed by atoms with E-state index in [0.29, 0.717) is 18.8 Å². The summed E-state index contributed by atoms with van der Waals surface area (Å²) >= 11 is 0. The SMILES string of the molecule is CCOC(=O)c1c(C)n2n(c1=O)CC=C(C)C2. The van der Waals surface area contributed by atoms with E-state index in [4.69, 9.17) is 4.74 Å². The van der Waals surface area contributed by atoms with Gasteiger partial charge in [-0.25, -0.2) is 9.48 Å². The lowest BCUT2D eigenvalue weighted by atomic mass is 10.2. The second-order valence-electron chi connectivity index (χ2n) is 4.18. The molecule has 2 heterocycles. The zero-order valence-corrected chi connectivity index (χ0v) is 10.3. The van der Waals surface area contributed by atoms with Crippen molar-refractivity contribution >= 4 is 5.97 Å². The Morgan fingerprint density at radius 2 is 2.12 bits per heavy atom. The van der Waals surface area contributed by atoms with Crippen molar-refractivity contribution in [2.24, 2.45) is 0 Å². The van der Waals surface area contributed by atoms with E-state index in [1.807, 2.05) is 17.7 Å². The van der Waals surface area contributed by atoms with Crippen LogP contribution in [0.4, 0.5) is 0 Å². The van der Waals surface area contributed by atoms with Gasteiger partial charge in [0.15, 0.2) is 0 Å². The van der Waals surface area contributed by atoms with E-state index in [9.17, 15) is 9.59 Å². The number of hydrogen-bond acceptors (Lipinski definition) is 3. The van der Waals surface area contributed by atoms with E-state index in [2.05, 4.69) is 0 Å². The van der Waals surface area contributed by atoms with Crippen LogP contribution < -0.4 is 5.56 Å². The Bertz CT molecular complexity index is 549. The third kappa shape index (κ3) is 1.81. The minimum Gasteiger partial charge on any atom is -0.462 e. The molecule has 5 nitrogen and oxygen atoms in total. The van der Waals surface area contributed by atoms with Crippen LogP contribution in [0.2, 0.25) is 0 Å². The van der Waals surface area contributed by atoms with Crippen LogP contribution in [0.25, 0.3) is 0 Å². The van der Waals surface area contributed by atoms with Crippen LogP contribution in [0, 0.1) is 6.92 Å². The Balaban J connectivity index is 2.51. The Morgan fingerprint density at radius 1 is 1.41 bits per heavy atom. The number of hydrogen-bond donors (Lipinski definition) is 0. The Kier molecular flexibility index (Phi) is 2.92. The molecule has 2 rings (SSSR count). The van der Waals surface area contributed by atoms with Crippen molar-refractivity contribution in [3.63, 3.8) is 0 Å². The number of fused-ring (bicyclic) bond motifs is 1. The highest BCUT2D eigenvalue weighted by Crippen LogP contribution is 2.13. The lowest BCUT2D eigenvalue weighted by Crippen LogP contribution is -2.28. The normalized spacial score (nSPS) is 14.2. The van der Waals surface area contributed by atoms with Gasteiger partial charge in [-0.1, -0.05) is 11.6 Å². The van der Waals surface area contributed by atoms with Gasteiger partial charge in [-0.15, -0.1) is 0 Å². The number of esters is 1. The molecular formula is C12H16N2O3. The first-order valence-corrected chi connectivity index (χ1v) is 5.69. The van der Waals surface area contributed by atoms with Crippen LogP contribution in [0.3, 0.4) is 0 Å². The van der Waals surface area contributed by atoms with Gasteiger partial charge in [-0.2, -0.15) is 0 Å². The van der Waals surface area contributed by atoms with Gasteiger partial charge in [-0.05, 0) is 20.8 Å².